The quantitative estimate of drug-likeness (QED) is 0.806. The number of nitrogen functional groups attached to an aromatic ring is 1. The van der Waals surface area contributed by atoms with Gasteiger partial charge in [-0.1, -0.05) is 0 Å². The first-order valence-electron chi connectivity index (χ1n) is 6.11. The number of anilines is 1. The van der Waals surface area contributed by atoms with Gasteiger partial charge in [-0.25, -0.2) is 12.8 Å². The molecule has 3 N–H and O–H groups in total. The summed E-state index contributed by atoms with van der Waals surface area (Å²) in [7, 11) is -3.86. The zero-order valence-electron chi connectivity index (χ0n) is 10.4. The molecule has 1 aromatic carbocycles. The third-order valence-corrected chi connectivity index (χ3v) is 5.21. The number of aliphatic hydroxyl groups is 1. The lowest BCUT2D eigenvalue weighted by Gasteiger charge is -2.31. The Balaban J connectivity index is 2.31. The maximum Gasteiger partial charge on any atom is 0.245 e. The summed E-state index contributed by atoms with van der Waals surface area (Å²) in [5, 5.41) is 9.12. The lowest BCUT2D eigenvalue weighted by atomic mass is 10.0. The highest BCUT2D eigenvalue weighted by molar-refractivity contribution is 7.89. The van der Waals surface area contributed by atoms with E-state index in [0.717, 1.165) is 12.5 Å². The van der Waals surface area contributed by atoms with Crippen LogP contribution in [0.1, 0.15) is 12.8 Å². The fraction of sp³-hybridized carbons (Fsp3) is 0.500. The predicted octanol–water partition coefficient (Wildman–Crippen LogP) is 0.801. The Morgan fingerprint density at radius 3 is 2.84 bits per heavy atom. The van der Waals surface area contributed by atoms with Gasteiger partial charge in [-0.2, -0.15) is 4.31 Å². The van der Waals surface area contributed by atoms with Crippen molar-refractivity contribution in [2.75, 3.05) is 25.4 Å². The molecule has 1 aliphatic heterocycles. The number of nitrogens with zero attached hydrogens (tertiary/aromatic N) is 1. The van der Waals surface area contributed by atoms with Crippen LogP contribution in [-0.2, 0) is 10.0 Å². The van der Waals surface area contributed by atoms with Crippen molar-refractivity contribution >= 4 is 15.7 Å². The van der Waals surface area contributed by atoms with E-state index >= 15 is 0 Å². The fourth-order valence-electron chi connectivity index (χ4n) is 2.26. The lowest BCUT2D eigenvalue weighted by Crippen LogP contribution is -2.41. The number of halogens is 1. The highest BCUT2D eigenvalue weighted by Gasteiger charge is 2.31. The average molecular weight is 288 g/mol. The molecule has 0 saturated carbocycles. The second-order valence-corrected chi connectivity index (χ2v) is 6.65. The number of nitrogens with two attached hydrogens (primary N) is 1. The van der Waals surface area contributed by atoms with Gasteiger partial charge in [0.05, 0.1) is 0 Å². The zero-order chi connectivity index (χ0) is 14.0. The Labute approximate surface area is 111 Å². The van der Waals surface area contributed by atoms with E-state index in [2.05, 4.69) is 0 Å². The normalized spacial score (nSPS) is 21.5. The smallest absolute Gasteiger partial charge is 0.245 e. The summed E-state index contributed by atoms with van der Waals surface area (Å²) >= 11 is 0. The fourth-order valence-corrected chi connectivity index (χ4v) is 3.86. The van der Waals surface area contributed by atoms with Crippen molar-refractivity contribution in [3.63, 3.8) is 0 Å². The van der Waals surface area contributed by atoms with Gasteiger partial charge in [-0.15, -0.1) is 0 Å². The van der Waals surface area contributed by atoms with Crippen LogP contribution in [0.4, 0.5) is 10.1 Å². The van der Waals surface area contributed by atoms with Crippen molar-refractivity contribution in [3.05, 3.63) is 24.0 Å². The number of hydrogen-bond donors (Lipinski definition) is 2. The molecule has 1 aliphatic rings. The van der Waals surface area contributed by atoms with E-state index in [1.807, 2.05) is 0 Å². The molecule has 1 unspecified atom stereocenters. The summed E-state index contributed by atoms with van der Waals surface area (Å²) in [5.41, 5.74) is 5.59. The molecule has 1 atom stereocenters. The second-order valence-electron chi connectivity index (χ2n) is 4.74. The minimum Gasteiger partial charge on any atom is -0.399 e. The van der Waals surface area contributed by atoms with Crippen molar-refractivity contribution in [2.45, 2.75) is 17.7 Å². The Morgan fingerprint density at radius 1 is 1.47 bits per heavy atom. The third-order valence-electron chi connectivity index (χ3n) is 3.31. The third kappa shape index (κ3) is 2.88. The molecule has 0 aliphatic carbocycles. The molecule has 0 radical (unpaired) electrons. The van der Waals surface area contributed by atoms with Gasteiger partial charge in [0.2, 0.25) is 10.0 Å². The maximum absolute atomic E-state index is 13.7. The summed E-state index contributed by atoms with van der Waals surface area (Å²) < 4.78 is 39.7. The Morgan fingerprint density at radius 2 is 2.21 bits per heavy atom. The molecule has 5 nitrogen and oxygen atoms in total. The van der Waals surface area contributed by atoms with Gasteiger partial charge in [0.15, 0.2) is 0 Å². The first kappa shape index (κ1) is 14.2. The molecule has 0 bridgehead atoms. The molecular weight excluding hydrogens is 271 g/mol. The molecule has 0 spiro atoms. The van der Waals surface area contributed by atoms with E-state index in [1.54, 1.807) is 0 Å². The van der Waals surface area contributed by atoms with Crippen LogP contribution in [0.25, 0.3) is 0 Å². The number of benzene rings is 1. The minimum absolute atomic E-state index is 0.0593. The molecule has 2 rings (SSSR count). The van der Waals surface area contributed by atoms with Crippen molar-refractivity contribution < 1.29 is 17.9 Å². The summed E-state index contributed by atoms with van der Waals surface area (Å²) in [6.45, 7) is 0.515. The number of rotatable bonds is 3. The standard InChI is InChI=1S/C12H17FN2O3S/c13-11-6-10(14)3-4-12(11)19(17,18)15-5-1-2-9(7-15)8-16/h3-4,6,9,16H,1-2,5,7-8,14H2. The zero-order valence-corrected chi connectivity index (χ0v) is 11.2. The summed E-state index contributed by atoms with van der Waals surface area (Å²) in [4.78, 5) is -0.361. The SMILES string of the molecule is Nc1ccc(S(=O)(=O)N2CCCC(CO)C2)c(F)c1. The molecule has 1 heterocycles. The van der Waals surface area contributed by atoms with Crippen LogP contribution in [0.5, 0.6) is 0 Å². The van der Waals surface area contributed by atoms with E-state index in [-0.39, 0.29) is 29.7 Å². The van der Waals surface area contributed by atoms with Crippen molar-refractivity contribution in [1.82, 2.24) is 4.31 Å². The first-order chi connectivity index (χ1) is 8.95. The van der Waals surface area contributed by atoms with E-state index < -0.39 is 15.8 Å². The van der Waals surface area contributed by atoms with Gasteiger partial charge >= 0.3 is 0 Å². The van der Waals surface area contributed by atoms with Gasteiger partial charge < -0.3 is 10.8 Å². The number of aliphatic hydroxyl groups excluding tert-OH is 1. The molecule has 106 valence electrons. The molecule has 1 fully saturated rings. The van der Waals surface area contributed by atoms with Crippen LogP contribution in [0.2, 0.25) is 0 Å². The van der Waals surface area contributed by atoms with Crippen LogP contribution < -0.4 is 5.73 Å². The van der Waals surface area contributed by atoms with Gasteiger partial charge in [-0.05, 0) is 37.0 Å². The summed E-state index contributed by atoms with van der Waals surface area (Å²) in [6.07, 6.45) is 1.45. The summed E-state index contributed by atoms with van der Waals surface area (Å²) in [6, 6.07) is 3.55. The van der Waals surface area contributed by atoms with Crippen LogP contribution in [0.15, 0.2) is 23.1 Å². The van der Waals surface area contributed by atoms with Crippen molar-refractivity contribution in [2.24, 2.45) is 5.92 Å². The molecule has 0 aromatic heterocycles. The second kappa shape index (κ2) is 5.44. The highest BCUT2D eigenvalue weighted by atomic mass is 32.2. The molecule has 1 saturated heterocycles. The van der Waals surface area contributed by atoms with E-state index in [0.29, 0.717) is 13.0 Å². The Hall–Kier alpha value is -1.18. The van der Waals surface area contributed by atoms with Gasteiger partial charge in [0.1, 0.15) is 10.7 Å². The Kier molecular flexibility index (Phi) is 4.07. The average Bonchev–Trinajstić information content (AvgIpc) is 2.38. The van der Waals surface area contributed by atoms with Crippen LogP contribution in [0.3, 0.4) is 0 Å². The monoisotopic (exact) mass is 288 g/mol. The molecule has 0 amide bonds. The van der Waals surface area contributed by atoms with Gasteiger partial charge in [0, 0.05) is 25.4 Å². The van der Waals surface area contributed by atoms with E-state index in [1.165, 1.54) is 16.4 Å². The Bertz CT molecular complexity index is 562. The summed E-state index contributed by atoms with van der Waals surface area (Å²) in [5.74, 6) is -0.925. The molecule has 1 aromatic rings. The highest BCUT2D eigenvalue weighted by Crippen LogP contribution is 2.25. The topological polar surface area (TPSA) is 83.6 Å². The number of sulfonamides is 1. The number of hydrogen-bond acceptors (Lipinski definition) is 4. The number of piperidine rings is 1. The van der Waals surface area contributed by atoms with Crippen LogP contribution >= 0.6 is 0 Å². The van der Waals surface area contributed by atoms with E-state index in [4.69, 9.17) is 10.8 Å². The van der Waals surface area contributed by atoms with Crippen LogP contribution in [-0.4, -0.2) is 37.5 Å². The van der Waals surface area contributed by atoms with Gasteiger partial charge in [-0.3, -0.25) is 0 Å². The van der Waals surface area contributed by atoms with Crippen molar-refractivity contribution in [1.29, 1.82) is 0 Å². The van der Waals surface area contributed by atoms with Gasteiger partial charge in [0.25, 0.3) is 0 Å². The molecule has 7 heteroatoms. The minimum atomic E-state index is -3.86. The molecule has 19 heavy (non-hydrogen) atoms. The van der Waals surface area contributed by atoms with Crippen molar-refractivity contribution in [3.8, 4) is 0 Å². The van der Waals surface area contributed by atoms with E-state index in [9.17, 15) is 12.8 Å². The molecular formula is C12H17FN2O3S. The maximum atomic E-state index is 13.7. The largest absolute Gasteiger partial charge is 0.399 e. The lowest BCUT2D eigenvalue weighted by molar-refractivity contribution is 0.165. The predicted molar refractivity (Wildman–Crippen MR) is 69.4 cm³/mol. The van der Waals surface area contributed by atoms with Crippen LogP contribution in [0, 0.1) is 11.7 Å². The first-order valence-corrected chi connectivity index (χ1v) is 7.55.